The fourth-order valence-corrected chi connectivity index (χ4v) is 3.20. The van der Waals surface area contributed by atoms with Gasteiger partial charge in [0, 0.05) is 6.54 Å². The fourth-order valence-electron chi connectivity index (χ4n) is 2.53. The zero-order chi connectivity index (χ0) is 15.2. The molecule has 1 aromatic carbocycles. The molecule has 2 nitrogen and oxygen atoms in total. The first-order valence-corrected chi connectivity index (χ1v) is 8.41. The minimum absolute atomic E-state index is 0.0635. The summed E-state index contributed by atoms with van der Waals surface area (Å²) in [5.41, 5.74) is 3.33. The molecule has 0 aliphatic carbocycles. The summed E-state index contributed by atoms with van der Waals surface area (Å²) in [4.78, 5) is 0. The predicted molar refractivity (Wildman–Crippen MR) is 90.3 cm³/mol. The number of nitrogens with zero attached hydrogens (tertiary/aromatic N) is 2. The lowest BCUT2D eigenvalue weighted by Crippen LogP contribution is -2.03. The van der Waals surface area contributed by atoms with E-state index in [0.717, 1.165) is 48.6 Å². The van der Waals surface area contributed by atoms with Gasteiger partial charge in [0.2, 0.25) is 0 Å². The Kier molecular flexibility index (Phi) is 6.13. The molecule has 0 saturated heterocycles. The Hall–Kier alpha value is -0.990. The summed E-state index contributed by atoms with van der Waals surface area (Å²) >= 11 is 12.9. The molecule has 0 fully saturated rings. The summed E-state index contributed by atoms with van der Waals surface area (Å²) in [6.07, 6.45) is 3.76. The van der Waals surface area contributed by atoms with Crippen LogP contribution in [-0.4, -0.2) is 9.78 Å². The maximum atomic E-state index is 6.46. The van der Waals surface area contributed by atoms with Gasteiger partial charge < -0.3 is 0 Å². The van der Waals surface area contributed by atoms with E-state index in [4.69, 9.17) is 23.2 Å². The van der Waals surface area contributed by atoms with Crippen LogP contribution in [0.15, 0.2) is 30.3 Å². The van der Waals surface area contributed by atoms with E-state index >= 15 is 0 Å². The first-order valence-electron chi connectivity index (χ1n) is 7.60. The van der Waals surface area contributed by atoms with E-state index in [9.17, 15) is 0 Å². The number of benzene rings is 1. The Morgan fingerprint density at radius 2 is 1.90 bits per heavy atom. The molecule has 1 aromatic heterocycles. The number of halogens is 2. The lowest BCUT2D eigenvalue weighted by Gasteiger charge is -2.10. The normalized spacial score (nSPS) is 12.6. The highest BCUT2D eigenvalue weighted by molar-refractivity contribution is 6.31. The van der Waals surface area contributed by atoms with Crippen LogP contribution in [0.5, 0.6) is 0 Å². The van der Waals surface area contributed by atoms with E-state index in [1.54, 1.807) is 0 Å². The van der Waals surface area contributed by atoms with Crippen LogP contribution in [0.3, 0.4) is 0 Å². The molecule has 1 atom stereocenters. The van der Waals surface area contributed by atoms with Gasteiger partial charge in [0.25, 0.3) is 0 Å². The zero-order valence-corrected chi connectivity index (χ0v) is 14.2. The molecule has 114 valence electrons. The van der Waals surface area contributed by atoms with E-state index in [0.29, 0.717) is 0 Å². The van der Waals surface area contributed by atoms with Crippen molar-refractivity contribution >= 4 is 23.2 Å². The highest BCUT2D eigenvalue weighted by Crippen LogP contribution is 2.28. The summed E-state index contributed by atoms with van der Waals surface area (Å²) in [5, 5.41) is 5.46. The molecule has 4 heteroatoms. The molecule has 0 saturated carbocycles. The maximum absolute atomic E-state index is 6.46. The van der Waals surface area contributed by atoms with Crippen LogP contribution in [0.2, 0.25) is 5.02 Å². The molecule has 1 heterocycles. The van der Waals surface area contributed by atoms with Gasteiger partial charge in [-0.2, -0.15) is 5.10 Å². The van der Waals surface area contributed by atoms with Crippen molar-refractivity contribution in [3.8, 4) is 0 Å². The first kappa shape index (κ1) is 16.4. The Labute approximate surface area is 137 Å². The Morgan fingerprint density at radius 3 is 2.52 bits per heavy atom. The van der Waals surface area contributed by atoms with Gasteiger partial charge in [0.15, 0.2) is 0 Å². The van der Waals surface area contributed by atoms with Crippen molar-refractivity contribution in [3.05, 3.63) is 52.3 Å². The fraction of sp³-hybridized carbons (Fsp3) is 0.471. The quantitative estimate of drug-likeness (QED) is 0.621. The van der Waals surface area contributed by atoms with Crippen LogP contribution >= 0.6 is 23.2 Å². The van der Waals surface area contributed by atoms with Gasteiger partial charge in [0.1, 0.15) is 0 Å². The van der Waals surface area contributed by atoms with E-state index in [2.05, 4.69) is 31.1 Å². The molecular formula is C17H22Cl2N2. The van der Waals surface area contributed by atoms with Crippen LogP contribution in [-0.2, 0) is 19.4 Å². The average Bonchev–Trinajstić information content (AvgIpc) is 2.84. The van der Waals surface area contributed by atoms with Gasteiger partial charge in [-0.1, -0.05) is 48.9 Å². The average molecular weight is 325 g/mol. The van der Waals surface area contributed by atoms with Gasteiger partial charge in [0.05, 0.1) is 21.8 Å². The smallest absolute Gasteiger partial charge is 0.0849 e. The lowest BCUT2D eigenvalue weighted by atomic mass is 10.1. The highest BCUT2D eigenvalue weighted by atomic mass is 35.5. The van der Waals surface area contributed by atoms with Crippen molar-refractivity contribution < 1.29 is 0 Å². The molecule has 21 heavy (non-hydrogen) atoms. The van der Waals surface area contributed by atoms with Crippen molar-refractivity contribution in [2.75, 3.05) is 0 Å². The maximum Gasteiger partial charge on any atom is 0.0849 e. The van der Waals surface area contributed by atoms with Crippen molar-refractivity contribution in [2.45, 2.75) is 51.5 Å². The number of hydrogen-bond acceptors (Lipinski definition) is 1. The van der Waals surface area contributed by atoms with Crippen molar-refractivity contribution in [1.82, 2.24) is 9.78 Å². The van der Waals surface area contributed by atoms with Crippen LogP contribution in [0, 0.1) is 0 Å². The SMILES string of the molecule is CCc1nn(CC)c(CCCC(Cl)c2ccccc2)c1Cl. The Balaban J connectivity index is 1.96. The third-order valence-electron chi connectivity index (χ3n) is 3.73. The van der Waals surface area contributed by atoms with Gasteiger partial charge in [-0.05, 0) is 38.2 Å². The van der Waals surface area contributed by atoms with Gasteiger partial charge in [-0.3, -0.25) is 4.68 Å². The Bertz CT molecular complexity index is 564. The minimum atomic E-state index is 0.0635. The molecule has 0 amide bonds. The van der Waals surface area contributed by atoms with E-state index < -0.39 is 0 Å². The predicted octanol–water partition coefficient (Wildman–Crippen LogP) is 5.42. The van der Waals surface area contributed by atoms with E-state index in [1.165, 1.54) is 5.56 Å². The van der Waals surface area contributed by atoms with Gasteiger partial charge in [-0.15, -0.1) is 11.6 Å². The third-order valence-corrected chi connectivity index (χ3v) is 4.63. The number of alkyl halides is 1. The second kappa shape index (κ2) is 7.86. The van der Waals surface area contributed by atoms with E-state index in [1.807, 2.05) is 22.9 Å². The summed E-state index contributed by atoms with van der Waals surface area (Å²) < 4.78 is 2.02. The molecule has 1 unspecified atom stereocenters. The summed E-state index contributed by atoms with van der Waals surface area (Å²) in [6, 6.07) is 10.2. The standard InChI is InChI=1S/C17H22Cl2N2/c1-3-15-17(19)16(21(4-2)20-15)12-8-11-14(18)13-9-6-5-7-10-13/h5-7,9-10,14H,3-4,8,11-12H2,1-2H3. The molecule has 2 rings (SSSR count). The van der Waals surface area contributed by atoms with Crippen LogP contribution in [0.4, 0.5) is 0 Å². The third kappa shape index (κ3) is 4.02. The van der Waals surface area contributed by atoms with Crippen molar-refractivity contribution in [3.63, 3.8) is 0 Å². The number of hydrogen-bond donors (Lipinski definition) is 0. The lowest BCUT2D eigenvalue weighted by molar-refractivity contribution is 0.594. The molecule has 0 aliphatic heterocycles. The van der Waals surface area contributed by atoms with Crippen LogP contribution < -0.4 is 0 Å². The molecule has 0 aliphatic rings. The molecule has 0 bridgehead atoms. The van der Waals surface area contributed by atoms with Crippen molar-refractivity contribution in [2.24, 2.45) is 0 Å². The first-order chi connectivity index (χ1) is 10.2. The number of aryl methyl sites for hydroxylation is 2. The van der Waals surface area contributed by atoms with Gasteiger partial charge in [-0.25, -0.2) is 0 Å². The summed E-state index contributed by atoms with van der Waals surface area (Å²) in [7, 11) is 0. The van der Waals surface area contributed by atoms with Crippen molar-refractivity contribution in [1.29, 1.82) is 0 Å². The number of rotatable bonds is 7. The summed E-state index contributed by atoms with van der Waals surface area (Å²) in [6.45, 7) is 5.04. The molecule has 0 spiro atoms. The largest absolute Gasteiger partial charge is 0.268 e. The molecule has 0 N–H and O–H groups in total. The minimum Gasteiger partial charge on any atom is -0.268 e. The molecule has 2 aromatic rings. The monoisotopic (exact) mass is 324 g/mol. The second-order valence-electron chi connectivity index (χ2n) is 5.15. The van der Waals surface area contributed by atoms with Crippen LogP contribution in [0.25, 0.3) is 0 Å². The zero-order valence-electron chi connectivity index (χ0n) is 12.6. The Morgan fingerprint density at radius 1 is 1.19 bits per heavy atom. The van der Waals surface area contributed by atoms with Crippen LogP contribution in [0.1, 0.15) is 49.0 Å². The van der Waals surface area contributed by atoms with E-state index in [-0.39, 0.29) is 5.38 Å². The second-order valence-corrected chi connectivity index (χ2v) is 6.05. The number of aromatic nitrogens is 2. The topological polar surface area (TPSA) is 17.8 Å². The van der Waals surface area contributed by atoms with Gasteiger partial charge >= 0.3 is 0 Å². The molecule has 0 radical (unpaired) electrons. The molecular weight excluding hydrogens is 303 g/mol. The summed E-state index contributed by atoms with van der Waals surface area (Å²) in [5.74, 6) is 0. The highest BCUT2D eigenvalue weighted by Gasteiger charge is 2.15.